The van der Waals surface area contributed by atoms with E-state index in [0.717, 1.165) is 5.56 Å². The number of nitrogens with one attached hydrogen (secondary N) is 1. The van der Waals surface area contributed by atoms with Crippen molar-refractivity contribution in [3.8, 4) is 0 Å². The minimum atomic E-state index is -0.309. The number of hydrogen-bond donors (Lipinski definition) is 1. The van der Waals surface area contributed by atoms with E-state index in [1.165, 1.54) is 0 Å². The Kier molecular flexibility index (Phi) is 1.85. The monoisotopic (exact) mass is 175 g/mol. The molecule has 0 aliphatic carbocycles. The normalized spacial score (nSPS) is 21.7. The summed E-state index contributed by atoms with van der Waals surface area (Å²) in [4.78, 5) is 11.2. The summed E-state index contributed by atoms with van der Waals surface area (Å²) in [5.74, 6) is -0.510. The van der Waals surface area contributed by atoms with Crippen LogP contribution in [0.25, 0.3) is 0 Å². The smallest absolute Gasteiger partial charge is 0.320 e. The summed E-state index contributed by atoms with van der Waals surface area (Å²) in [6, 6.07) is 9.42. The maximum atomic E-state index is 11.2. The Labute approximate surface area is 75.8 Å². The topological polar surface area (TPSA) is 50.2 Å². The number of benzene rings is 1. The number of carbonyl (C=O) groups excluding carboxylic acids is 1. The highest BCUT2D eigenvalue weighted by Crippen LogP contribution is 2.26. The third-order valence-electron chi connectivity index (χ3n) is 2.10. The molecule has 0 aromatic heterocycles. The molecule has 0 bridgehead atoms. The number of rotatable bonds is 1. The average Bonchev–Trinajstić information content (AvgIpc) is 2.47. The Balaban J connectivity index is 2.28. The van der Waals surface area contributed by atoms with Crippen LogP contribution >= 0.6 is 0 Å². The molecule has 2 rings (SSSR count). The van der Waals surface area contributed by atoms with Gasteiger partial charge in [-0.25, -0.2) is 0 Å². The predicted octanol–water partition coefficient (Wildman–Crippen LogP) is 1.69. The van der Waals surface area contributed by atoms with Crippen molar-refractivity contribution in [3.05, 3.63) is 35.9 Å². The van der Waals surface area contributed by atoms with Crippen molar-refractivity contribution in [3.63, 3.8) is 0 Å². The zero-order chi connectivity index (χ0) is 9.26. The maximum absolute atomic E-state index is 11.2. The fourth-order valence-corrected chi connectivity index (χ4v) is 1.44. The van der Waals surface area contributed by atoms with Gasteiger partial charge in [-0.1, -0.05) is 30.3 Å². The molecule has 0 radical (unpaired) electrons. The van der Waals surface area contributed by atoms with Crippen LogP contribution in [0.2, 0.25) is 0 Å². The van der Waals surface area contributed by atoms with Gasteiger partial charge in [0.15, 0.2) is 5.90 Å². The van der Waals surface area contributed by atoms with Crippen molar-refractivity contribution >= 4 is 11.9 Å². The molecule has 0 spiro atoms. The molecule has 1 aromatic carbocycles. The van der Waals surface area contributed by atoms with E-state index >= 15 is 0 Å². The summed E-state index contributed by atoms with van der Waals surface area (Å²) < 4.78 is 4.67. The van der Waals surface area contributed by atoms with E-state index in [9.17, 15) is 4.79 Å². The third-order valence-corrected chi connectivity index (χ3v) is 2.10. The van der Waals surface area contributed by atoms with Gasteiger partial charge >= 0.3 is 5.97 Å². The van der Waals surface area contributed by atoms with Crippen molar-refractivity contribution in [2.75, 3.05) is 0 Å². The third kappa shape index (κ3) is 1.45. The molecule has 1 fully saturated rings. The lowest BCUT2D eigenvalue weighted by atomic mass is 9.98. The van der Waals surface area contributed by atoms with Gasteiger partial charge in [-0.3, -0.25) is 10.2 Å². The van der Waals surface area contributed by atoms with E-state index < -0.39 is 0 Å². The van der Waals surface area contributed by atoms with Gasteiger partial charge in [0.25, 0.3) is 0 Å². The minimum Gasteiger partial charge on any atom is -0.412 e. The summed E-state index contributed by atoms with van der Waals surface area (Å²) >= 11 is 0. The Hall–Kier alpha value is -1.64. The van der Waals surface area contributed by atoms with E-state index in [1.807, 2.05) is 30.3 Å². The van der Waals surface area contributed by atoms with Crippen LogP contribution in [0, 0.1) is 5.41 Å². The highest BCUT2D eigenvalue weighted by molar-refractivity contribution is 5.98. The van der Waals surface area contributed by atoms with Crippen molar-refractivity contribution in [2.24, 2.45) is 0 Å². The van der Waals surface area contributed by atoms with Crippen molar-refractivity contribution in [1.29, 1.82) is 5.41 Å². The summed E-state index contributed by atoms with van der Waals surface area (Å²) in [7, 11) is 0. The number of ether oxygens (including phenoxy) is 1. The van der Waals surface area contributed by atoms with Gasteiger partial charge in [-0.05, 0) is 5.56 Å². The molecule has 1 unspecified atom stereocenters. The largest absolute Gasteiger partial charge is 0.412 e. The number of esters is 1. The van der Waals surface area contributed by atoms with Crippen LogP contribution < -0.4 is 0 Å². The first-order valence-electron chi connectivity index (χ1n) is 4.11. The van der Waals surface area contributed by atoms with Gasteiger partial charge < -0.3 is 4.74 Å². The summed E-state index contributed by atoms with van der Waals surface area (Å²) in [5.41, 5.74) is 0.926. The minimum absolute atomic E-state index is 0.0684. The SMILES string of the molecule is N=C1CC(c2ccccc2)C(=O)O1. The highest BCUT2D eigenvalue weighted by Gasteiger charge is 2.31. The van der Waals surface area contributed by atoms with E-state index in [0.29, 0.717) is 6.42 Å². The molecule has 66 valence electrons. The molecule has 1 saturated heterocycles. The standard InChI is InChI=1S/C10H9NO2/c11-9-6-8(10(12)13-9)7-4-2-1-3-5-7/h1-5,8,11H,6H2. The molecule has 3 nitrogen and oxygen atoms in total. The van der Waals surface area contributed by atoms with E-state index in [1.54, 1.807) is 0 Å². The predicted molar refractivity (Wildman–Crippen MR) is 47.6 cm³/mol. The first-order chi connectivity index (χ1) is 6.27. The molecule has 1 atom stereocenters. The van der Waals surface area contributed by atoms with Crippen LogP contribution in [-0.2, 0) is 9.53 Å². The van der Waals surface area contributed by atoms with Crippen LogP contribution in [0.15, 0.2) is 30.3 Å². The Morgan fingerprint density at radius 2 is 2.00 bits per heavy atom. The van der Waals surface area contributed by atoms with Crippen LogP contribution in [0.4, 0.5) is 0 Å². The number of cyclic esters (lactones) is 1. The van der Waals surface area contributed by atoms with E-state index in [4.69, 9.17) is 5.41 Å². The molecular formula is C10H9NO2. The zero-order valence-electron chi connectivity index (χ0n) is 6.99. The Bertz CT molecular complexity index is 345. The molecule has 1 aromatic rings. The lowest BCUT2D eigenvalue weighted by Crippen LogP contribution is -2.04. The molecule has 1 aliphatic rings. The number of hydrogen-bond acceptors (Lipinski definition) is 3. The van der Waals surface area contributed by atoms with Gasteiger partial charge in [0, 0.05) is 6.42 Å². The van der Waals surface area contributed by atoms with Crippen molar-refractivity contribution in [2.45, 2.75) is 12.3 Å². The van der Waals surface area contributed by atoms with Gasteiger partial charge in [0.2, 0.25) is 0 Å². The Morgan fingerprint density at radius 3 is 2.54 bits per heavy atom. The molecule has 1 aliphatic heterocycles. The number of carbonyl (C=O) groups is 1. The second kappa shape index (κ2) is 3.01. The van der Waals surface area contributed by atoms with Crippen LogP contribution in [0.3, 0.4) is 0 Å². The fraction of sp³-hybridized carbons (Fsp3) is 0.200. The maximum Gasteiger partial charge on any atom is 0.320 e. The second-order valence-corrected chi connectivity index (χ2v) is 3.01. The average molecular weight is 175 g/mol. The molecule has 1 heterocycles. The fourth-order valence-electron chi connectivity index (χ4n) is 1.44. The summed E-state index contributed by atoms with van der Waals surface area (Å²) in [5, 5.41) is 7.22. The first kappa shape index (κ1) is 7.98. The van der Waals surface area contributed by atoms with Gasteiger partial charge in [-0.15, -0.1) is 0 Å². The van der Waals surface area contributed by atoms with Crippen molar-refractivity contribution < 1.29 is 9.53 Å². The lowest BCUT2D eigenvalue weighted by Gasteiger charge is -2.02. The van der Waals surface area contributed by atoms with Gasteiger partial charge in [-0.2, -0.15) is 0 Å². The molecule has 13 heavy (non-hydrogen) atoms. The van der Waals surface area contributed by atoms with Crippen LogP contribution in [0.1, 0.15) is 17.9 Å². The summed E-state index contributed by atoms with van der Waals surface area (Å²) in [6.07, 6.45) is 0.392. The quantitative estimate of drug-likeness (QED) is 0.660. The van der Waals surface area contributed by atoms with Crippen molar-refractivity contribution in [1.82, 2.24) is 0 Å². The molecule has 3 heteroatoms. The highest BCUT2D eigenvalue weighted by atomic mass is 16.5. The summed E-state index contributed by atoms with van der Waals surface area (Å²) in [6.45, 7) is 0. The van der Waals surface area contributed by atoms with Crippen LogP contribution in [0.5, 0.6) is 0 Å². The molecule has 1 N–H and O–H groups in total. The van der Waals surface area contributed by atoms with E-state index in [-0.39, 0.29) is 17.8 Å². The van der Waals surface area contributed by atoms with Gasteiger partial charge in [0.1, 0.15) is 0 Å². The second-order valence-electron chi connectivity index (χ2n) is 3.01. The Morgan fingerprint density at radius 1 is 1.31 bits per heavy atom. The molecule has 0 amide bonds. The lowest BCUT2D eigenvalue weighted by molar-refractivity contribution is -0.134. The molecular weight excluding hydrogens is 166 g/mol. The van der Waals surface area contributed by atoms with Gasteiger partial charge in [0.05, 0.1) is 5.92 Å². The van der Waals surface area contributed by atoms with E-state index in [2.05, 4.69) is 4.74 Å². The van der Waals surface area contributed by atoms with Crippen LogP contribution in [-0.4, -0.2) is 11.9 Å². The first-order valence-corrected chi connectivity index (χ1v) is 4.11. The zero-order valence-corrected chi connectivity index (χ0v) is 6.99. The molecule has 0 saturated carbocycles.